The Balaban J connectivity index is 1.44. The molecular formula is C27H33N5O4. The van der Waals surface area contributed by atoms with E-state index in [1.165, 1.54) is 0 Å². The fraction of sp³-hybridized carbons (Fsp3) is 0.519. The number of aliphatic hydroxyl groups is 1. The fourth-order valence-electron chi connectivity index (χ4n) is 5.33. The number of hydrogen-bond donors (Lipinski definition) is 1. The van der Waals surface area contributed by atoms with Crippen molar-refractivity contribution in [3.8, 4) is 17.0 Å². The van der Waals surface area contributed by atoms with E-state index in [-0.39, 0.29) is 6.04 Å². The number of ether oxygens (including phenoxy) is 3. The van der Waals surface area contributed by atoms with E-state index in [2.05, 4.69) is 29.8 Å². The highest BCUT2D eigenvalue weighted by molar-refractivity contribution is 5.90. The molecule has 1 unspecified atom stereocenters. The molecule has 2 fully saturated rings. The molecule has 0 aliphatic carbocycles. The fourth-order valence-corrected chi connectivity index (χ4v) is 5.33. The maximum Gasteiger partial charge on any atom is 0.229 e. The van der Waals surface area contributed by atoms with Crippen molar-refractivity contribution in [1.29, 1.82) is 0 Å². The largest absolute Gasteiger partial charge is 0.493 e. The van der Waals surface area contributed by atoms with E-state index >= 15 is 0 Å². The molecule has 0 radical (unpaired) electrons. The van der Waals surface area contributed by atoms with Crippen molar-refractivity contribution < 1.29 is 19.3 Å². The summed E-state index contributed by atoms with van der Waals surface area (Å²) in [6.45, 7) is 6.33. The normalized spacial score (nSPS) is 22.8. The van der Waals surface area contributed by atoms with Crippen molar-refractivity contribution in [2.75, 3.05) is 56.4 Å². The van der Waals surface area contributed by atoms with Gasteiger partial charge >= 0.3 is 0 Å². The van der Waals surface area contributed by atoms with Crippen LogP contribution in [0.3, 0.4) is 0 Å². The number of hydrogen-bond acceptors (Lipinski definition) is 9. The molecule has 9 nitrogen and oxygen atoms in total. The monoisotopic (exact) mass is 491 g/mol. The van der Waals surface area contributed by atoms with E-state index in [1.807, 2.05) is 24.3 Å². The van der Waals surface area contributed by atoms with Crippen molar-refractivity contribution >= 4 is 22.8 Å². The Bertz CT molecular complexity index is 1250. The third-order valence-corrected chi connectivity index (χ3v) is 7.53. The Hall–Kier alpha value is -3.01. The zero-order valence-corrected chi connectivity index (χ0v) is 20.9. The average molecular weight is 492 g/mol. The molecule has 6 rings (SSSR count). The standard InChI is InChI=1S/C27H33N5O4/c1-17-16-35-14-10-32(17)26-20-4-5-22(18-3-6-24-21(15-18)23(33)9-13-36-24)28-25(20)29-27(30-26)31(2)19-7-11-34-12-8-19/h3-6,15,17,19,23,33H,7-14,16H2,1-2H3/t17-,23?/m0/s1. The summed E-state index contributed by atoms with van der Waals surface area (Å²) in [5.41, 5.74) is 3.22. The summed E-state index contributed by atoms with van der Waals surface area (Å²) in [5, 5.41) is 11.4. The Morgan fingerprint density at radius 1 is 0.972 bits per heavy atom. The summed E-state index contributed by atoms with van der Waals surface area (Å²) in [4.78, 5) is 19.5. The molecule has 9 heteroatoms. The lowest BCUT2D eigenvalue weighted by Crippen LogP contribution is -2.44. The van der Waals surface area contributed by atoms with E-state index in [0.29, 0.717) is 43.9 Å². The molecule has 190 valence electrons. The maximum atomic E-state index is 10.5. The number of morpholine rings is 1. The molecule has 0 amide bonds. The molecule has 2 aromatic heterocycles. The van der Waals surface area contributed by atoms with Crippen LogP contribution in [0.4, 0.5) is 11.8 Å². The SMILES string of the molecule is C[C@H]1COCCN1c1nc(N(C)C2CCOCC2)nc2nc(-c3ccc4c(c3)C(O)CCO4)ccc12. The zero-order chi connectivity index (χ0) is 24.6. The first kappa shape index (κ1) is 23.4. The number of anilines is 2. The number of fused-ring (bicyclic) bond motifs is 2. The molecule has 2 atom stereocenters. The van der Waals surface area contributed by atoms with Gasteiger partial charge < -0.3 is 29.1 Å². The zero-order valence-electron chi connectivity index (χ0n) is 20.9. The molecule has 3 aromatic rings. The summed E-state index contributed by atoms with van der Waals surface area (Å²) >= 11 is 0. The molecule has 1 aromatic carbocycles. The minimum atomic E-state index is -0.523. The Morgan fingerprint density at radius 3 is 2.67 bits per heavy atom. The molecule has 36 heavy (non-hydrogen) atoms. The lowest BCUT2D eigenvalue weighted by Gasteiger charge is -2.36. The second-order valence-corrected chi connectivity index (χ2v) is 9.89. The summed E-state index contributed by atoms with van der Waals surface area (Å²) in [6.07, 6.45) is 1.98. The van der Waals surface area contributed by atoms with Gasteiger partial charge in [-0.25, -0.2) is 4.98 Å². The minimum absolute atomic E-state index is 0.208. The number of pyridine rings is 1. The second-order valence-electron chi connectivity index (χ2n) is 9.89. The third-order valence-electron chi connectivity index (χ3n) is 7.53. The molecule has 2 saturated heterocycles. The van der Waals surface area contributed by atoms with E-state index in [1.54, 1.807) is 0 Å². The third kappa shape index (κ3) is 4.36. The van der Waals surface area contributed by atoms with Crippen LogP contribution in [0.5, 0.6) is 5.75 Å². The molecule has 3 aliphatic rings. The van der Waals surface area contributed by atoms with E-state index < -0.39 is 6.10 Å². The average Bonchev–Trinajstić information content (AvgIpc) is 2.92. The first-order valence-electron chi connectivity index (χ1n) is 12.9. The maximum absolute atomic E-state index is 10.5. The summed E-state index contributed by atoms with van der Waals surface area (Å²) in [7, 11) is 2.07. The van der Waals surface area contributed by atoms with Gasteiger partial charge in [0.1, 0.15) is 11.6 Å². The lowest BCUT2D eigenvalue weighted by atomic mass is 9.99. The molecule has 0 bridgehead atoms. The predicted molar refractivity (Wildman–Crippen MR) is 138 cm³/mol. The van der Waals surface area contributed by atoms with Gasteiger partial charge in [-0.1, -0.05) is 0 Å². The van der Waals surface area contributed by atoms with Gasteiger partial charge in [-0.15, -0.1) is 0 Å². The van der Waals surface area contributed by atoms with Gasteiger partial charge in [0.2, 0.25) is 5.95 Å². The smallest absolute Gasteiger partial charge is 0.229 e. The Kier molecular flexibility index (Phi) is 6.37. The second kappa shape index (κ2) is 9.80. The number of nitrogens with zero attached hydrogens (tertiary/aromatic N) is 5. The van der Waals surface area contributed by atoms with Gasteiger partial charge in [-0.3, -0.25) is 0 Å². The molecule has 3 aliphatic heterocycles. The molecule has 0 spiro atoms. The van der Waals surface area contributed by atoms with Crippen LogP contribution in [0, 0.1) is 0 Å². The Labute approximate surface area is 211 Å². The first-order valence-corrected chi connectivity index (χ1v) is 12.9. The van der Waals surface area contributed by atoms with Gasteiger partial charge in [0.25, 0.3) is 0 Å². The van der Waals surface area contributed by atoms with Crippen LogP contribution in [0.2, 0.25) is 0 Å². The quantitative estimate of drug-likeness (QED) is 0.590. The molecule has 1 N–H and O–H groups in total. The van der Waals surface area contributed by atoms with Crippen LogP contribution in [0.15, 0.2) is 30.3 Å². The molecule has 5 heterocycles. The van der Waals surface area contributed by atoms with Crippen LogP contribution in [-0.4, -0.2) is 78.8 Å². The van der Waals surface area contributed by atoms with Crippen molar-refractivity contribution in [3.63, 3.8) is 0 Å². The number of rotatable bonds is 4. The topological polar surface area (TPSA) is 93.1 Å². The predicted octanol–water partition coefficient (Wildman–Crippen LogP) is 3.35. The van der Waals surface area contributed by atoms with Gasteiger partial charge in [-0.2, -0.15) is 9.97 Å². The van der Waals surface area contributed by atoms with E-state index in [4.69, 9.17) is 29.2 Å². The summed E-state index contributed by atoms with van der Waals surface area (Å²) < 4.78 is 17.0. The van der Waals surface area contributed by atoms with Crippen LogP contribution >= 0.6 is 0 Å². The van der Waals surface area contributed by atoms with Gasteiger partial charge in [0.05, 0.1) is 43.0 Å². The van der Waals surface area contributed by atoms with E-state index in [9.17, 15) is 5.11 Å². The van der Waals surface area contributed by atoms with Crippen molar-refractivity contribution in [2.45, 2.75) is 44.4 Å². The lowest BCUT2D eigenvalue weighted by molar-refractivity contribution is 0.0852. The van der Waals surface area contributed by atoms with Crippen molar-refractivity contribution in [2.24, 2.45) is 0 Å². The van der Waals surface area contributed by atoms with Gasteiger partial charge in [0, 0.05) is 50.4 Å². The first-order chi connectivity index (χ1) is 17.6. The summed E-state index contributed by atoms with van der Waals surface area (Å²) in [6, 6.07) is 10.5. The van der Waals surface area contributed by atoms with E-state index in [0.717, 1.165) is 66.4 Å². The molecule has 0 saturated carbocycles. The highest BCUT2D eigenvalue weighted by Crippen LogP contribution is 2.36. The number of benzene rings is 1. The van der Waals surface area contributed by atoms with Crippen LogP contribution < -0.4 is 14.5 Å². The highest BCUT2D eigenvalue weighted by Gasteiger charge is 2.27. The Morgan fingerprint density at radius 2 is 1.83 bits per heavy atom. The number of aliphatic hydroxyl groups excluding tert-OH is 1. The van der Waals surface area contributed by atoms with Crippen LogP contribution in [-0.2, 0) is 9.47 Å². The van der Waals surface area contributed by atoms with Crippen molar-refractivity contribution in [1.82, 2.24) is 15.0 Å². The number of aromatic nitrogens is 3. The van der Waals surface area contributed by atoms with Gasteiger partial charge in [0.15, 0.2) is 5.65 Å². The molecular weight excluding hydrogens is 458 g/mol. The van der Waals surface area contributed by atoms with Gasteiger partial charge in [-0.05, 0) is 50.1 Å². The highest BCUT2D eigenvalue weighted by atomic mass is 16.5. The van der Waals surface area contributed by atoms with Crippen LogP contribution in [0.1, 0.15) is 37.9 Å². The minimum Gasteiger partial charge on any atom is -0.493 e. The summed E-state index contributed by atoms with van der Waals surface area (Å²) in [5.74, 6) is 2.32. The van der Waals surface area contributed by atoms with Crippen LogP contribution in [0.25, 0.3) is 22.3 Å². The van der Waals surface area contributed by atoms with Crippen molar-refractivity contribution in [3.05, 3.63) is 35.9 Å².